The van der Waals surface area contributed by atoms with Gasteiger partial charge in [0.25, 0.3) is 0 Å². The SMILES string of the molecule is O=C1CNC(=S)N1CC1CCCO1. The van der Waals surface area contributed by atoms with Gasteiger partial charge in [-0.05, 0) is 25.1 Å². The van der Waals surface area contributed by atoms with Crippen LogP contribution in [0.25, 0.3) is 0 Å². The highest BCUT2D eigenvalue weighted by atomic mass is 32.1. The Hall–Kier alpha value is -0.680. The van der Waals surface area contributed by atoms with Gasteiger partial charge in [-0.15, -0.1) is 0 Å². The van der Waals surface area contributed by atoms with Gasteiger partial charge in [-0.3, -0.25) is 9.69 Å². The van der Waals surface area contributed by atoms with Crippen molar-refractivity contribution in [3.05, 3.63) is 0 Å². The maximum absolute atomic E-state index is 11.3. The van der Waals surface area contributed by atoms with Crippen LogP contribution in [0.15, 0.2) is 0 Å². The summed E-state index contributed by atoms with van der Waals surface area (Å²) in [5.74, 6) is 0.0560. The Labute approximate surface area is 82.2 Å². The van der Waals surface area contributed by atoms with Gasteiger partial charge in [0.2, 0.25) is 5.91 Å². The van der Waals surface area contributed by atoms with Gasteiger partial charge in [0.15, 0.2) is 5.11 Å². The molecule has 4 nitrogen and oxygen atoms in total. The highest BCUT2D eigenvalue weighted by Gasteiger charge is 2.29. The molecule has 0 aromatic heterocycles. The molecule has 2 heterocycles. The molecule has 0 aromatic rings. The van der Waals surface area contributed by atoms with E-state index >= 15 is 0 Å². The van der Waals surface area contributed by atoms with Gasteiger partial charge in [-0.25, -0.2) is 0 Å². The molecule has 0 radical (unpaired) electrons. The predicted molar refractivity (Wildman–Crippen MR) is 51.3 cm³/mol. The number of carbonyl (C=O) groups is 1. The Morgan fingerprint density at radius 3 is 3.08 bits per heavy atom. The third-order valence-electron chi connectivity index (χ3n) is 2.35. The summed E-state index contributed by atoms with van der Waals surface area (Å²) in [7, 11) is 0. The third kappa shape index (κ3) is 1.81. The lowest BCUT2D eigenvalue weighted by atomic mass is 10.2. The fraction of sp³-hybridized carbons (Fsp3) is 0.750. The Morgan fingerprint density at radius 2 is 2.54 bits per heavy atom. The summed E-state index contributed by atoms with van der Waals surface area (Å²) in [6.45, 7) is 1.77. The molecule has 2 aliphatic heterocycles. The average molecular weight is 200 g/mol. The molecule has 2 aliphatic rings. The zero-order chi connectivity index (χ0) is 9.26. The van der Waals surface area contributed by atoms with Gasteiger partial charge in [-0.2, -0.15) is 0 Å². The summed E-state index contributed by atoms with van der Waals surface area (Å²) in [5.41, 5.74) is 0. The molecule has 1 unspecified atom stereocenters. The largest absolute Gasteiger partial charge is 0.376 e. The van der Waals surface area contributed by atoms with Gasteiger partial charge < -0.3 is 10.1 Å². The summed E-state index contributed by atoms with van der Waals surface area (Å²) < 4.78 is 5.43. The highest BCUT2D eigenvalue weighted by molar-refractivity contribution is 7.80. The van der Waals surface area contributed by atoms with Crippen LogP contribution < -0.4 is 5.32 Å². The monoisotopic (exact) mass is 200 g/mol. The molecular weight excluding hydrogens is 188 g/mol. The predicted octanol–water partition coefficient (Wildman–Crippen LogP) is -0.118. The fourth-order valence-electron chi connectivity index (χ4n) is 1.63. The molecule has 0 spiro atoms. The molecule has 72 valence electrons. The zero-order valence-corrected chi connectivity index (χ0v) is 8.10. The van der Waals surface area contributed by atoms with Crippen LogP contribution in [0.5, 0.6) is 0 Å². The van der Waals surface area contributed by atoms with Crippen LogP contribution in [-0.4, -0.2) is 41.7 Å². The number of ether oxygens (including phenoxy) is 1. The van der Waals surface area contributed by atoms with E-state index in [0.717, 1.165) is 19.4 Å². The van der Waals surface area contributed by atoms with E-state index in [2.05, 4.69) is 5.32 Å². The Kier molecular flexibility index (Phi) is 2.46. The number of hydrogen-bond donors (Lipinski definition) is 1. The summed E-state index contributed by atoms with van der Waals surface area (Å²) in [6.07, 6.45) is 2.31. The summed E-state index contributed by atoms with van der Waals surface area (Å²) >= 11 is 4.99. The van der Waals surface area contributed by atoms with Crippen LogP contribution in [0, 0.1) is 0 Å². The molecule has 0 aromatic carbocycles. The summed E-state index contributed by atoms with van der Waals surface area (Å²) in [5, 5.41) is 3.39. The number of hydrogen-bond acceptors (Lipinski definition) is 3. The standard InChI is InChI=1S/C8H12N2O2S/c11-7-4-9-8(13)10(7)5-6-2-1-3-12-6/h6H,1-5H2,(H,9,13). The van der Waals surface area contributed by atoms with Crippen molar-refractivity contribution < 1.29 is 9.53 Å². The number of thiocarbonyl (C=S) groups is 1. The van der Waals surface area contributed by atoms with Crippen LogP contribution in [0.4, 0.5) is 0 Å². The lowest BCUT2D eigenvalue weighted by Gasteiger charge is -2.18. The molecule has 0 bridgehead atoms. The second kappa shape index (κ2) is 3.59. The highest BCUT2D eigenvalue weighted by Crippen LogP contribution is 2.14. The van der Waals surface area contributed by atoms with Gasteiger partial charge in [0, 0.05) is 6.61 Å². The number of carbonyl (C=O) groups excluding carboxylic acids is 1. The second-order valence-corrected chi connectivity index (χ2v) is 3.68. The Morgan fingerprint density at radius 1 is 1.69 bits per heavy atom. The van der Waals surface area contributed by atoms with Crippen LogP contribution in [0.2, 0.25) is 0 Å². The molecule has 2 rings (SSSR count). The van der Waals surface area contributed by atoms with Crippen LogP contribution in [0.1, 0.15) is 12.8 Å². The minimum absolute atomic E-state index is 0.0560. The molecular formula is C8H12N2O2S. The van der Waals surface area contributed by atoms with Crippen molar-refractivity contribution in [2.45, 2.75) is 18.9 Å². The van der Waals surface area contributed by atoms with Crippen molar-refractivity contribution in [1.82, 2.24) is 10.2 Å². The first kappa shape index (κ1) is 8.90. The van der Waals surface area contributed by atoms with Gasteiger partial charge in [0.05, 0.1) is 19.2 Å². The minimum Gasteiger partial charge on any atom is -0.376 e. The molecule has 2 fully saturated rings. The first-order valence-corrected chi connectivity index (χ1v) is 4.88. The van der Waals surface area contributed by atoms with E-state index in [1.807, 2.05) is 0 Å². The smallest absolute Gasteiger partial charge is 0.248 e. The van der Waals surface area contributed by atoms with E-state index in [0.29, 0.717) is 18.2 Å². The van der Waals surface area contributed by atoms with Crippen molar-refractivity contribution in [2.24, 2.45) is 0 Å². The minimum atomic E-state index is 0.0560. The van der Waals surface area contributed by atoms with Crippen molar-refractivity contribution in [1.29, 1.82) is 0 Å². The normalized spacial score (nSPS) is 28.3. The van der Waals surface area contributed by atoms with E-state index in [4.69, 9.17) is 17.0 Å². The lowest BCUT2D eigenvalue weighted by Crippen LogP contribution is -2.37. The second-order valence-electron chi connectivity index (χ2n) is 3.30. The Bertz CT molecular complexity index is 222. The molecule has 1 atom stereocenters. The first-order valence-electron chi connectivity index (χ1n) is 4.47. The van der Waals surface area contributed by atoms with E-state index in [1.165, 1.54) is 0 Å². The molecule has 0 aliphatic carbocycles. The van der Waals surface area contributed by atoms with Crippen LogP contribution in [0.3, 0.4) is 0 Å². The number of nitrogens with one attached hydrogen (secondary N) is 1. The lowest BCUT2D eigenvalue weighted by molar-refractivity contribution is -0.125. The fourth-order valence-corrected chi connectivity index (χ4v) is 1.88. The van der Waals surface area contributed by atoms with Gasteiger partial charge in [0.1, 0.15) is 0 Å². The van der Waals surface area contributed by atoms with Crippen LogP contribution in [-0.2, 0) is 9.53 Å². The number of nitrogens with zero attached hydrogens (tertiary/aromatic N) is 1. The van der Waals surface area contributed by atoms with Crippen molar-refractivity contribution in [2.75, 3.05) is 19.7 Å². The molecule has 1 N–H and O–H groups in total. The topological polar surface area (TPSA) is 41.6 Å². The quantitative estimate of drug-likeness (QED) is 0.631. The summed E-state index contributed by atoms with van der Waals surface area (Å²) in [6, 6.07) is 0. The van der Waals surface area contributed by atoms with Crippen molar-refractivity contribution in [3.8, 4) is 0 Å². The van der Waals surface area contributed by atoms with E-state index < -0.39 is 0 Å². The zero-order valence-electron chi connectivity index (χ0n) is 7.28. The van der Waals surface area contributed by atoms with Gasteiger partial charge >= 0.3 is 0 Å². The summed E-state index contributed by atoms with van der Waals surface area (Å²) in [4.78, 5) is 12.9. The average Bonchev–Trinajstić information content (AvgIpc) is 2.70. The Balaban J connectivity index is 1.92. The maximum Gasteiger partial charge on any atom is 0.248 e. The molecule has 2 saturated heterocycles. The van der Waals surface area contributed by atoms with Crippen LogP contribution >= 0.6 is 12.2 Å². The van der Waals surface area contributed by atoms with Crippen molar-refractivity contribution in [3.63, 3.8) is 0 Å². The van der Waals surface area contributed by atoms with E-state index in [-0.39, 0.29) is 12.0 Å². The van der Waals surface area contributed by atoms with E-state index in [9.17, 15) is 4.79 Å². The maximum atomic E-state index is 11.3. The van der Waals surface area contributed by atoms with Crippen molar-refractivity contribution >= 4 is 23.2 Å². The van der Waals surface area contributed by atoms with E-state index in [1.54, 1.807) is 4.90 Å². The molecule has 1 amide bonds. The molecule has 5 heteroatoms. The number of rotatable bonds is 2. The molecule has 13 heavy (non-hydrogen) atoms. The molecule has 0 saturated carbocycles. The van der Waals surface area contributed by atoms with Gasteiger partial charge in [-0.1, -0.05) is 0 Å². The first-order chi connectivity index (χ1) is 6.27. The third-order valence-corrected chi connectivity index (χ3v) is 2.71. The number of amides is 1.